The summed E-state index contributed by atoms with van der Waals surface area (Å²) in [5.74, 6) is -0.700. The topological polar surface area (TPSA) is 357 Å². The molecule has 0 aromatic rings. The van der Waals surface area contributed by atoms with Crippen molar-refractivity contribution in [3.63, 3.8) is 0 Å². The number of rotatable bonds is 11. The molecule has 4 aliphatic rings. The van der Waals surface area contributed by atoms with E-state index in [1.54, 1.807) is 0 Å². The Hall–Kier alpha value is -1.33. The fourth-order valence-electron chi connectivity index (χ4n) is 5.82. The van der Waals surface area contributed by atoms with Crippen molar-refractivity contribution in [2.75, 3.05) is 26.4 Å². The molecule has 4 heterocycles. The molecule has 0 aliphatic carbocycles. The average Bonchev–Trinajstić information content (AvgIpc) is 3.06. The van der Waals surface area contributed by atoms with E-state index in [-0.39, 0.29) is 0 Å². The molecule has 22 heteroatoms. The van der Waals surface area contributed by atoms with E-state index in [4.69, 9.17) is 33.2 Å². The number of amides is 1. The van der Waals surface area contributed by atoms with Gasteiger partial charge < -0.3 is 105 Å². The van der Waals surface area contributed by atoms with Crippen LogP contribution in [0, 0.1) is 0 Å². The predicted octanol–water partition coefficient (Wildman–Crippen LogP) is -9.61. The molecule has 4 rings (SSSR count). The molecule has 1 amide bonds. The lowest BCUT2D eigenvalue weighted by atomic mass is 9.95. The summed E-state index contributed by atoms with van der Waals surface area (Å²) in [6.07, 6.45) is -33.5. The van der Waals surface area contributed by atoms with Crippen molar-refractivity contribution >= 4 is 5.91 Å². The highest BCUT2D eigenvalue weighted by Gasteiger charge is 2.54. The highest BCUT2D eigenvalue weighted by molar-refractivity contribution is 5.73. The number of carbonyl (C=O) groups excluding carboxylic acids is 1. The van der Waals surface area contributed by atoms with Crippen LogP contribution in [-0.4, -0.2) is 221 Å². The number of aliphatic hydroxyl groups excluding tert-OH is 13. The van der Waals surface area contributed by atoms with E-state index in [0.29, 0.717) is 0 Å². The number of aliphatic hydroxyl groups is 13. The van der Waals surface area contributed by atoms with Gasteiger partial charge in [-0.05, 0) is 0 Å². The second kappa shape index (κ2) is 16.8. The Labute approximate surface area is 272 Å². The molecule has 4 aliphatic heterocycles. The maximum atomic E-state index is 11.8. The van der Waals surface area contributed by atoms with Gasteiger partial charge in [-0.3, -0.25) is 4.79 Å². The second-order valence-electron chi connectivity index (χ2n) is 11.9. The Morgan fingerprint density at radius 2 is 0.979 bits per heavy atom. The SMILES string of the molecule is CC(=O)N[C@H]1C(O)O[C@H](CO[C@@H]2O[C@H](CO)[C@H](O)[C@H](O)[C@H]2O[C@@H]2O[C@H](CO)[C@H](O)[C@H](O)[C@H]2O)[C@@H](O[C@@H]2O[C@H](CO)[C@H](O)[C@H](O)[C@H]2O)[C@@H]1O. The normalized spacial score (nSPS) is 50.2. The van der Waals surface area contributed by atoms with Crippen LogP contribution in [0.2, 0.25) is 0 Å². The number of hydrogen-bond donors (Lipinski definition) is 14. The van der Waals surface area contributed by atoms with Crippen LogP contribution in [-0.2, 0) is 38.0 Å². The Balaban J connectivity index is 1.57. The van der Waals surface area contributed by atoms with Crippen molar-refractivity contribution in [3.05, 3.63) is 0 Å². The minimum absolute atomic E-state index is 0.700. The number of hydrogen-bond acceptors (Lipinski definition) is 21. The fraction of sp³-hybridized carbons (Fsp3) is 0.962. The van der Waals surface area contributed by atoms with Gasteiger partial charge in [0.15, 0.2) is 25.2 Å². The lowest BCUT2D eigenvalue weighted by molar-refractivity contribution is -0.375. The zero-order chi connectivity index (χ0) is 35.6. The predicted molar refractivity (Wildman–Crippen MR) is 145 cm³/mol. The Morgan fingerprint density at radius 3 is 1.44 bits per heavy atom. The van der Waals surface area contributed by atoms with Crippen molar-refractivity contribution in [3.8, 4) is 0 Å². The summed E-state index contributed by atoms with van der Waals surface area (Å²) in [4.78, 5) is 11.8. The van der Waals surface area contributed by atoms with Crippen LogP contribution in [0.3, 0.4) is 0 Å². The van der Waals surface area contributed by atoms with Gasteiger partial charge in [-0.15, -0.1) is 0 Å². The molecule has 48 heavy (non-hydrogen) atoms. The van der Waals surface area contributed by atoms with Gasteiger partial charge in [-0.2, -0.15) is 0 Å². The Morgan fingerprint density at radius 1 is 0.542 bits per heavy atom. The summed E-state index contributed by atoms with van der Waals surface area (Å²) in [7, 11) is 0. The van der Waals surface area contributed by atoms with Crippen molar-refractivity contribution in [2.24, 2.45) is 0 Å². The standard InChI is InChI=1S/C26H45NO21/c1-6(31)27-11-15(35)21(47-24-19(39)16(36)12(32)7(2-28)44-24)10(43-23(11)41)5-42-26-22(18(38)14(34)9(4-30)46-26)48-25-20(40)17(37)13(33)8(3-29)45-25/h7-26,28-30,32-41H,2-5H2,1H3,(H,27,31)/t7-,8-,9-,10-,11-,12+,13+,14+,15-,16+,17+,18+,19-,20-,21-,22-,23?,24+,25+,26-/m1/s1. The zero-order valence-electron chi connectivity index (χ0n) is 25.5. The van der Waals surface area contributed by atoms with Gasteiger partial charge in [0.1, 0.15) is 97.6 Å². The minimum atomic E-state index is -1.95. The van der Waals surface area contributed by atoms with Crippen LogP contribution in [0.25, 0.3) is 0 Å². The van der Waals surface area contributed by atoms with Crippen LogP contribution in [0.4, 0.5) is 0 Å². The van der Waals surface area contributed by atoms with E-state index in [1.807, 2.05) is 0 Å². The summed E-state index contributed by atoms with van der Waals surface area (Å²) < 4.78 is 38.8. The van der Waals surface area contributed by atoms with Crippen LogP contribution in [0.1, 0.15) is 6.92 Å². The van der Waals surface area contributed by atoms with Gasteiger partial charge in [0.05, 0.1) is 26.4 Å². The first-order chi connectivity index (χ1) is 22.6. The van der Waals surface area contributed by atoms with Crippen LogP contribution in [0.15, 0.2) is 0 Å². The molecule has 22 nitrogen and oxygen atoms in total. The zero-order valence-corrected chi connectivity index (χ0v) is 25.5. The van der Waals surface area contributed by atoms with E-state index in [1.165, 1.54) is 0 Å². The maximum absolute atomic E-state index is 11.8. The van der Waals surface area contributed by atoms with Crippen LogP contribution >= 0.6 is 0 Å². The molecule has 1 unspecified atom stereocenters. The summed E-state index contributed by atoms with van der Waals surface area (Å²) in [6.45, 7) is -2.16. The second-order valence-corrected chi connectivity index (χ2v) is 11.9. The third-order valence-corrected chi connectivity index (χ3v) is 8.59. The fourth-order valence-corrected chi connectivity index (χ4v) is 5.82. The molecule has 280 valence electrons. The van der Waals surface area contributed by atoms with Gasteiger partial charge in [0, 0.05) is 6.92 Å². The first kappa shape index (κ1) is 39.5. The van der Waals surface area contributed by atoms with Gasteiger partial charge in [0.25, 0.3) is 0 Å². The lowest BCUT2D eigenvalue weighted by Gasteiger charge is -2.48. The molecular formula is C26H45NO21. The highest BCUT2D eigenvalue weighted by atomic mass is 16.8. The summed E-state index contributed by atoms with van der Waals surface area (Å²) in [5, 5.41) is 136. The molecule has 0 saturated carbocycles. The largest absolute Gasteiger partial charge is 0.394 e. The van der Waals surface area contributed by atoms with E-state index >= 15 is 0 Å². The quantitative estimate of drug-likeness (QED) is 0.0947. The van der Waals surface area contributed by atoms with Gasteiger partial charge >= 0.3 is 0 Å². The van der Waals surface area contributed by atoms with E-state index in [2.05, 4.69) is 5.32 Å². The minimum Gasteiger partial charge on any atom is -0.394 e. The molecule has 4 fully saturated rings. The molecule has 20 atom stereocenters. The van der Waals surface area contributed by atoms with Gasteiger partial charge in [-0.1, -0.05) is 0 Å². The molecule has 0 aromatic heterocycles. The number of ether oxygens (including phenoxy) is 7. The summed E-state index contributed by atoms with van der Waals surface area (Å²) in [5.41, 5.74) is 0. The molecule has 14 N–H and O–H groups in total. The smallest absolute Gasteiger partial charge is 0.217 e. The summed E-state index contributed by atoms with van der Waals surface area (Å²) in [6, 6.07) is -1.53. The lowest BCUT2D eigenvalue weighted by Crippen LogP contribution is -2.68. The van der Waals surface area contributed by atoms with Crippen LogP contribution in [0.5, 0.6) is 0 Å². The first-order valence-corrected chi connectivity index (χ1v) is 15.1. The van der Waals surface area contributed by atoms with Crippen molar-refractivity contribution in [1.29, 1.82) is 0 Å². The highest BCUT2D eigenvalue weighted by Crippen LogP contribution is 2.32. The van der Waals surface area contributed by atoms with Crippen molar-refractivity contribution in [2.45, 2.75) is 130 Å². The Bertz CT molecular complexity index is 1030. The van der Waals surface area contributed by atoms with E-state index in [0.717, 1.165) is 6.92 Å². The molecular weight excluding hydrogens is 662 g/mol. The summed E-state index contributed by atoms with van der Waals surface area (Å²) >= 11 is 0. The first-order valence-electron chi connectivity index (χ1n) is 15.1. The van der Waals surface area contributed by atoms with E-state index < -0.39 is 155 Å². The molecule has 0 aromatic carbocycles. The number of carbonyl (C=O) groups is 1. The Kier molecular flexibility index (Phi) is 13.8. The third kappa shape index (κ3) is 8.24. The monoisotopic (exact) mass is 707 g/mol. The third-order valence-electron chi connectivity index (χ3n) is 8.59. The van der Waals surface area contributed by atoms with Crippen molar-refractivity contribution < 1.29 is 104 Å². The molecule has 0 bridgehead atoms. The molecule has 0 spiro atoms. The maximum Gasteiger partial charge on any atom is 0.217 e. The van der Waals surface area contributed by atoms with Gasteiger partial charge in [-0.25, -0.2) is 0 Å². The number of nitrogens with one attached hydrogen (secondary N) is 1. The van der Waals surface area contributed by atoms with Crippen LogP contribution < -0.4 is 5.32 Å². The molecule has 0 radical (unpaired) electrons. The van der Waals surface area contributed by atoms with Crippen molar-refractivity contribution in [1.82, 2.24) is 5.32 Å². The average molecular weight is 708 g/mol. The van der Waals surface area contributed by atoms with E-state index in [9.17, 15) is 71.2 Å². The molecule has 4 saturated heterocycles. The van der Waals surface area contributed by atoms with Gasteiger partial charge in [0.2, 0.25) is 5.91 Å².